The number of hydrogen-bond donors (Lipinski definition) is 1. The number of rotatable bonds is 3. The third-order valence-electron chi connectivity index (χ3n) is 2.48. The number of aromatic nitrogens is 1. The van der Waals surface area contributed by atoms with Crippen molar-refractivity contribution in [1.82, 2.24) is 4.98 Å². The van der Waals surface area contributed by atoms with Gasteiger partial charge in [-0.15, -0.1) is 11.3 Å². The Bertz CT molecular complexity index is 595. The highest BCUT2D eigenvalue weighted by molar-refractivity contribution is 9.11. The van der Waals surface area contributed by atoms with Crippen LogP contribution in [0.2, 0.25) is 5.02 Å². The van der Waals surface area contributed by atoms with E-state index in [0.717, 1.165) is 9.61 Å². The van der Waals surface area contributed by atoms with Gasteiger partial charge in [-0.2, -0.15) is 0 Å². The first kappa shape index (κ1) is 14.5. The van der Waals surface area contributed by atoms with Crippen molar-refractivity contribution in [2.24, 2.45) is 0 Å². The zero-order chi connectivity index (χ0) is 14.0. The van der Waals surface area contributed by atoms with Gasteiger partial charge in [0.25, 0.3) is 5.91 Å². The van der Waals surface area contributed by atoms with Gasteiger partial charge in [0.1, 0.15) is 4.88 Å². The topological polar surface area (TPSA) is 42.0 Å². The molecule has 1 heterocycles. The molecule has 0 saturated carbocycles. The highest BCUT2D eigenvalue weighted by Gasteiger charge is 2.19. The van der Waals surface area contributed by atoms with Gasteiger partial charge in [-0.05, 0) is 46.1 Å². The molecule has 3 nitrogen and oxygen atoms in total. The molecule has 19 heavy (non-hydrogen) atoms. The lowest BCUT2D eigenvalue weighted by molar-refractivity contribution is 0.102. The fourth-order valence-electron chi connectivity index (χ4n) is 1.58. The van der Waals surface area contributed by atoms with Crippen LogP contribution in [-0.4, -0.2) is 10.9 Å². The van der Waals surface area contributed by atoms with Crippen LogP contribution in [0.4, 0.5) is 5.69 Å². The maximum Gasteiger partial charge on any atom is 0.267 e. The average molecular weight is 360 g/mol. The second-order valence-corrected chi connectivity index (χ2v) is 7.01. The van der Waals surface area contributed by atoms with Crippen molar-refractivity contribution in [1.29, 1.82) is 0 Å². The molecule has 0 bridgehead atoms. The number of benzene rings is 1. The Morgan fingerprint density at radius 2 is 2.00 bits per heavy atom. The van der Waals surface area contributed by atoms with Crippen molar-refractivity contribution in [2.75, 3.05) is 5.32 Å². The molecule has 0 saturated heterocycles. The van der Waals surface area contributed by atoms with E-state index in [1.54, 1.807) is 24.3 Å². The summed E-state index contributed by atoms with van der Waals surface area (Å²) < 4.78 is 0.720. The van der Waals surface area contributed by atoms with E-state index in [1.807, 2.05) is 13.8 Å². The van der Waals surface area contributed by atoms with Crippen molar-refractivity contribution in [3.8, 4) is 0 Å². The summed E-state index contributed by atoms with van der Waals surface area (Å²) in [5.74, 6) is 0.0581. The molecule has 0 aliphatic rings. The third-order valence-corrected chi connectivity index (χ3v) is 4.26. The van der Waals surface area contributed by atoms with Gasteiger partial charge < -0.3 is 5.32 Å². The van der Waals surface area contributed by atoms with Crippen LogP contribution in [0.1, 0.15) is 35.1 Å². The third kappa shape index (κ3) is 3.55. The summed E-state index contributed by atoms with van der Waals surface area (Å²) in [6.07, 6.45) is 0. The van der Waals surface area contributed by atoms with Crippen LogP contribution in [-0.2, 0) is 0 Å². The standard InChI is InChI=1S/C13H12BrClN2OS/c1-7(2)10-11(19-13(14)17-10)12(18)16-9-5-3-8(15)4-6-9/h3-7H,1-2H3,(H,16,18). The molecular formula is C13H12BrClN2OS. The lowest BCUT2D eigenvalue weighted by Gasteiger charge is -2.06. The number of halogens is 2. The van der Waals surface area contributed by atoms with Gasteiger partial charge in [-0.1, -0.05) is 25.4 Å². The van der Waals surface area contributed by atoms with Crippen molar-refractivity contribution in [2.45, 2.75) is 19.8 Å². The van der Waals surface area contributed by atoms with Crippen molar-refractivity contribution in [3.63, 3.8) is 0 Å². The van der Waals surface area contributed by atoms with E-state index in [2.05, 4.69) is 26.2 Å². The lowest BCUT2D eigenvalue weighted by Crippen LogP contribution is -2.12. The molecule has 1 aromatic carbocycles. The number of carbonyl (C=O) groups is 1. The van der Waals surface area contributed by atoms with Gasteiger partial charge in [0.15, 0.2) is 3.92 Å². The molecule has 1 N–H and O–H groups in total. The number of nitrogens with one attached hydrogen (secondary N) is 1. The van der Waals surface area contributed by atoms with Crippen LogP contribution in [0.3, 0.4) is 0 Å². The lowest BCUT2D eigenvalue weighted by atomic mass is 10.1. The summed E-state index contributed by atoms with van der Waals surface area (Å²) in [5.41, 5.74) is 1.52. The molecule has 1 aromatic heterocycles. The van der Waals surface area contributed by atoms with Gasteiger partial charge in [-0.3, -0.25) is 4.79 Å². The highest BCUT2D eigenvalue weighted by atomic mass is 79.9. The molecule has 6 heteroatoms. The van der Waals surface area contributed by atoms with E-state index in [0.29, 0.717) is 15.6 Å². The summed E-state index contributed by atoms with van der Waals surface area (Å²) >= 11 is 10.5. The Morgan fingerprint density at radius 1 is 1.37 bits per heavy atom. The second-order valence-electron chi connectivity index (χ2n) is 4.30. The number of amides is 1. The first-order valence-corrected chi connectivity index (χ1v) is 7.69. The highest BCUT2D eigenvalue weighted by Crippen LogP contribution is 2.29. The zero-order valence-electron chi connectivity index (χ0n) is 10.4. The van der Waals surface area contributed by atoms with Crippen LogP contribution in [0, 0.1) is 0 Å². The van der Waals surface area contributed by atoms with Crippen molar-refractivity contribution < 1.29 is 4.79 Å². The first-order valence-electron chi connectivity index (χ1n) is 5.70. The minimum absolute atomic E-state index is 0.144. The number of nitrogens with zero attached hydrogens (tertiary/aromatic N) is 1. The summed E-state index contributed by atoms with van der Waals surface area (Å²) in [6.45, 7) is 4.03. The quantitative estimate of drug-likeness (QED) is 0.844. The SMILES string of the molecule is CC(C)c1nc(Br)sc1C(=O)Nc1ccc(Cl)cc1. The first-order chi connectivity index (χ1) is 8.97. The fraction of sp³-hybridized carbons (Fsp3) is 0.231. The van der Waals surface area contributed by atoms with Crippen LogP contribution in [0.5, 0.6) is 0 Å². The van der Waals surface area contributed by atoms with E-state index < -0.39 is 0 Å². The number of thiazole rings is 1. The maximum atomic E-state index is 12.2. The minimum atomic E-state index is -0.144. The number of carbonyl (C=O) groups excluding carboxylic acids is 1. The molecule has 0 unspecified atom stereocenters. The fourth-order valence-corrected chi connectivity index (χ4v) is 3.22. The summed E-state index contributed by atoms with van der Waals surface area (Å²) in [4.78, 5) is 17.2. The smallest absolute Gasteiger partial charge is 0.267 e. The predicted molar refractivity (Wildman–Crippen MR) is 83.3 cm³/mol. The Balaban J connectivity index is 2.22. The molecule has 0 spiro atoms. The Hall–Kier alpha value is -0.910. The molecule has 2 rings (SSSR count). The molecule has 1 amide bonds. The molecular weight excluding hydrogens is 348 g/mol. The molecule has 0 atom stereocenters. The van der Waals surface area contributed by atoms with E-state index in [1.165, 1.54) is 11.3 Å². The second kappa shape index (κ2) is 6.03. The van der Waals surface area contributed by atoms with Crippen LogP contribution in [0.25, 0.3) is 0 Å². The molecule has 0 fully saturated rings. The Morgan fingerprint density at radius 3 is 2.58 bits per heavy atom. The van der Waals surface area contributed by atoms with Crippen LogP contribution in [0.15, 0.2) is 28.2 Å². The summed E-state index contributed by atoms with van der Waals surface area (Å²) in [6, 6.07) is 7.02. The summed E-state index contributed by atoms with van der Waals surface area (Å²) in [5, 5.41) is 3.49. The van der Waals surface area contributed by atoms with Gasteiger partial charge in [-0.25, -0.2) is 4.98 Å². The molecule has 2 aromatic rings. The number of hydrogen-bond acceptors (Lipinski definition) is 3. The minimum Gasteiger partial charge on any atom is -0.321 e. The monoisotopic (exact) mass is 358 g/mol. The molecule has 0 aliphatic carbocycles. The number of anilines is 1. The summed E-state index contributed by atoms with van der Waals surface area (Å²) in [7, 11) is 0. The average Bonchev–Trinajstić information content (AvgIpc) is 2.74. The van der Waals surface area contributed by atoms with Crippen molar-refractivity contribution in [3.05, 3.63) is 43.8 Å². The normalized spacial score (nSPS) is 10.8. The van der Waals surface area contributed by atoms with Gasteiger partial charge in [0.2, 0.25) is 0 Å². The maximum absolute atomic E-state index is 12.2. The Kier molecular flexibility index (Phi) is 4.60. The largest absolute Gasteiger partial charge is 0.321 e. The van der Waals surface area contributed by atoms with Gasteiger partial charge in [0, 0.05) is 10.7 Å². The molecule has 0 aliphatic heterocycles. The van der Waals surface area contributed by atoms with E-state index in [9.17, 15) is 4.79 Å². The zero-order valence-corrected chi connectivity index (χ0v) is 13.6. The van der Waals surface area contributed by atoms with Crippen molar-refractivity contribution >= 4 is 50.5 Å². The Labute approximate surface area is 129 Å². The van der Waals surface area contributed by atoms with E-state index >= 15 is 0 Å². The van der Waals surface area contributed by atoms with E-state index in [-0.39, 0.29) is 11.8 Å². The van der Waals surface area contributed by atoms with Gasteiger partial charge in [0.05, 0.1) is 5.69 Å². The van der Waals surface area contributed by atoms with Crippen LogP contribution < -0.4 is 5.32 Å². The molecule has 0 radical (unpaired) electrons. The molecule has 100 valence electrons. The predicted octanol–water partition coefficient (Wildman–Crippen LogP) is 4.93. The van der Waals surface area contributed by atoms with Gasteiger partial charge >= 0.3 is 0 Å². The van der Waals surface area contributed by atoms with Crippen LogP contribution >= 0.6 is 38.9 Å². The van der Waals surface area contributed by atoms with E-state index in [4.69, 9.17) is 11.6 Å².